The molecule has 0 aliphatic heterocycles. The number of hydrogen-bond donors (Lipinski definition) is 1. The average molecular weight is 260 g/mol. The lowest BCUT2D eigenvalue weighted by Gasteiger charge is -2.23. The van der Waals surface area contributed by atoms with E-state index < -0.39 is 0 Å². The summed E-state index contributed by atoms with van der Waals surface area (Å²) in [4.78, 5) is 0. The highest BCUT2D eigenvalue weighted by atomic mass is 16.5. The number of nitrogens with zero attached hydrogens (tertiary/aromatic N) is 1. The van der Waals surface area contributed by atoms with E-state index in [1.54, 1.807) is 7.11 Å². The van der Waals surface area contributed by atoms with Crippen LogP contribution in [-0.2, 0) is 17.8 Å². The second-order valence-corrected chi connectivity index (χ2v) is 5.61. The Hall–Kier alpha value is -1.32. The lowest BCUT2D eigenvalue weighted by Crippen LogP contribution is -2.24. The van der Waals surface area contributed by atoms with Crippen molar-refractivity contribution >= 4 is 10.9 Å². The van der Waals surface area contributed by atoms with Gasteiger partial charge in [-0.25, -0.2) is 0 Å². The zero-order valence-electron chi connectivity index (χ0n) is 12.4. The highest BCUT2D eigenvalue weighted by Gasteiger charge is 2.17. The molecule has 1 aromatic carbocycles. The van der Waals surface area contributed by atoms with Gasteiger partial charge in [-0.05, 0) is 38.9 Å². The Morgan fingerprint density at radius 2 is 2.00 bits per heavy atom. The van der Waals surface area contributed by atoms with E-state index in [9.17, 15) is 0 Å². The zero-order valence-corrected chi connectivity index (χ0v) is 12.4. The van der Waals surface area contributed by atoms with E-state index in [0.29, 0.717) is 0 Å². The van der Waals surface area contributed by atoms with Gasteiger partial charge in [0.25, 0.3) is 0 Å². The molecule has 3 nitrogen and oxygen atoms in total. The molecule has 1 N–H and O–H groups in total. The SMILES string of the molecule is CNCc1cn(CCC(C)(C)OC)c2ccccc12. The molecule has 0 saturated carbocycles. The molecule has 0 unspecified atom stereocenters. The first-order chi connectivity index (χ1) is 9.07. The Labute approximate surface area is 115 Å². The van der Waals surface area contributed by atoms with Crippen molar-refractivity contribution in [3.8, 4) is 0 Å². The van der Waals surface area contributed by atoms with E-state index in [-0.39, 0.29) is 5.60 Å². The Kier molecular flexibility index (Phi) is 4.27. The van der Waals surface area contributed by atoms with Crippen LogP contribution in [0.2, 0.25) is 0 Å². The molecular formula is C16H24N2O. The van der Waals surface area contributed by atoms with Crippen LogP contribution >= 0.6 is 0 Å². The third kappa shape index (κ3) is 3.17. The van der Waals surface area contributed by atoms with Gasteiger partial charge in [0, 0.05) is 37.3 Å². The van der Waals surface area contributed by atoms with Crippen molar-refractivity contribution in [2.75, 3.05) is 14.2 Å². The number of nitrogens with one attached hydrogen (secondary N) is 1. The second-order valence-electron chi connectivity index (χ2n) is 5.61. The van der Waals surface area contributed by atoms with Crippen LogP contribution in [0.1, 0.15) is 25.8 Å². The molecule has 3 heteroatoms. The van der Waals surface area contributed by atoms with Crippen molar-refractivity contribution in [1.82, 2.24) is 9.88 Å². The van der Waals surface area contributed by atoms with Gasteiger partial charge < -0.3 is 14.6 Å². The number of aryl methyl sites for hydroxylation is 1. The monoisotopic (exact) mass is 260 g/mol. The molecule has 0 aliphatic carbocycles. The lowest BCUT2D eigenvalue weighted by atomic mass is 10.1. The van der Waals surface area contributed by atoms with Crippen molar-refractivity contribution in [2.45, 2.75) is 39.0 Å². The van der Waals surface area contributed by atoms with Crippen molar-refractivity contribution < 1.29 is 4.74 Å². The maximum atomic E-state index is 5.50. The molecule has 0 amide bonds. The van der Waals surface area contributed by atoms with Gasteiger partial charge in [-0.3, -0.25) is 0 Å². The third-order valence-corrected chi connectivity index (χ3v) is 3.75. The van der Waals surface area contributed by atoms with Crippen LogP contribution in [0.4, 0.5) is 0 Å². The minimum Gasteiger partial charge on any atom is -0.379 e. The number of fused-ring (bicyclic) bond motifs is 1. The molecule has 0 saturated heterocycles. The third-order valence-electron chi connectivity index (χ3n) is 3.75. The van der Waals surface area contributed by atoms with Crippen molar-refractivity contribution in [2.24, 2.45) is 0 Å². The van der Waals surface area contributed by atoms with Crippen molar-refractivity contribution in [3.63, 3.8) is 0 Å². The van der Waals surface area contributed by atoms with Crippen molar-refractivity contribution in [1.29, 1.82) is 0 Å². The van der Waals surface area contributed by atoms with Crippen LogP contribution in [-0.4, -0.2) is 24.3 Å². The molecule has 2 aromatic rings. The fourth-order valence-corrected chi connectivity index (χ4v) is 2.33. The molecule has 1 aromatic heterocycles. The topological polar surface area (TPSA) is 26.2 Å². The minimum atomic E-state index is -0.0749. The molecule has 1 heterocycles. The van der Waals surface area contributed by atoms with E-state index in [2.05, 4.69) is 54.2 Å². The van der Waals surface area contributed by atoms with Gasteiger partial charge in [0.05, 0.1) is 5.60 Å². The molecule has 0 radical (unpaired) electrons. The number of para-hydroxylation sites is 1. The van der Waals surface area contributed by atoms with E-state index in [4.69, 9.17) is 4.74 Å². The van der Waals surface area contributed by atoms with E-state index in [1.165, 1.54) is 16.5 Å². The summed E-state index contributed by atoms with van der Waals surface area (Å²) in [6.07, 6.45) is 3.26. The van der Waals surface area contributed by atoms with Gasteiger partial charge in [0.1, 0.15) is 0 Å². The number of rotatable bonds is 6. The number of aromatic nitrogens is 1. The van der Waals surface area contributed by atoms with E-state index in [0.717, 1.165) is 19.5 Å². The quantitative estimate of drug-likeness (QED) is 0.863. The fourth-order valence-electron chi connectivity index (χ4n) is 2.33. The van der Waals surface area contributed by atoms with Gasteiger partial charge in [-0.1, -0.05) is 18.2 Å². The smallest absolute Gasteiger partial charge is 0.0639 e. The van der Waals surface area contributed by atoms with E-state index >= 15 is 0 Å². The Bertz CT molecular complexity index is 543. The van der Waals surface area contributed by atoms with Crippen LogP contribution in [0, 0.1) is 0 Å². The number of hydrogen-bond acceptors (Lipinski definition) is 2. The number of methoxy groups -OCH3 is 1. The molecular weight excluding hydrogens is 236 g/mol. The first kappa shape index (κ1) is 14.1. The summed E-state index contributed by atoms with van der Waals surface area (Å²) in [5.41, 5.74) is 2.59. The molecule has 0 bridgehead atoms. The molecule has 2 rings (SSSR count). The summed E-state index contributed by atoms with van der Waals surface area (Å²) in [6.45, 7) is 6.15. The Morgan fingerprint density at radius 1 is 1.26 bits per heavy atom. The predicted octanol–water partition coefficient (Wildman–Crippen LogP) is 3.18. The van der Waals surface area contributed by atoms with Gasteiger partial charge >= 0.3 is 0 Å². The zero-order chi connectivity index (χ0) is 13.9. The lowest BCUT2D eigenvalue weighted by molar-refractivity contribution is 0.0123. The largest absolute Gasteiger partial charge is 0.379 e. The summed E-state index contributed by atoms with van der Waals surface area (Å²) in [6, 6.07) is 8.59. The molecule has 0 spiro atoms. The summed E-state index contributed by atoms with van der Waals surface area (Å²) in [7, 11) is 3.76. The van der Waals surface area contributed by atoms with Crippen molar-refractivity contribution in [3.05, 3.63) is 36.0 Å². The summed E-state index contributed by atoms with van der Waals surface area (Å²) < 4.78 is 7.84. The second kappa shape index (κ2) is 5.76. The fraction of sp³-hybridized carbons (Fsp3) is 0.500. The van der Waals surface area contributed by atoms with Gasteiger partial charge in [-0.2, -0.15) is 0 Å². The molecule has 19 heavy (non-hydrogen) atoms. The maximum Gasteiger partial charge on any atom is 0.0639 e. The standard InChI is InChI=1S/C16H24N2O/c1-16(2,19-4)9-10-18-12-13(11-17-3)14-7-5-6-8-15(14)18/h5-8,12,17H,9-11H2,1-4H3. The van der Waals surface area contributed by atoms with Crippen LogP contribution in [0.5, 0.6) is 0 Å². The Morgan fingerprint density at radius 3 is 2.68 bits per heavy atom. The van der Waals surface area contributed by atoms with Crippen LogP contribution in [0.15, 0.2) is 30.5 Å². The van der Waals surface area contributed by atoms with E-state index in [1.807, 2.05) is 7.05 Å². The first-order valence-electron chi connectivity index (χ1n) is 6.84. The minimum absolute atomic E-state index is 0.0749. The van der Waals surface area contributed by atoms with Gasteiger partial charge in [0.2, 0.25) is 0 Å². The highest BCUT2D eigenvalue weighted by Crippen LogP contribution is 2.23. The van der Waals surface area contributed by atoms with Gasteiger partial charge in [-0.15, -0.1) is 0 Å². The van der Waals surface area contributed by atoms with Crippen LogP contribution < -0.4 is 5.32 Å². The van der Waals surface area contributed by atoms with Gasteiger partial charge in [0.15, 0.2) is 0 Å². The molecule has 0 fully saturated rings. The summed E-state index contributed by atoms with van der Waals surface area (Å²) in [5.74, 6) is 0. The molecule has 0 aliphatic rings. The van der Waals surface area contributed by atoms with Crippen LogP contribution in [0.3, 0.4) is 0 Å². The normalized spacial score (nSPS) is 12.2. The Balaban J connectivity index is 2.28. The number of ether oxygens (including phenoxy) is 1. The molecule has 104 valence electrons. The highest BCUT2D eigenvalue weighted by molar-refractivity contribution is 5.83. The van der Waals surface area contributed by atoms with Crippen LogP contribution in [0.25, 0.3) is 10.9 Å². The summed E-state index contributed by atoms with van der Waals surface area (Å²) >= 11 is 0. The predicted molar refractivity (Wildman–Crippen MR) is 80.4 cm³/mol. The summed E-state index contributed by atoms with van der Waals surface area (Å²) in [5, 5.41) is 4.57. The average Bonchev–Trinajstić information content (AvgIpc) is 2.76. The first-order valence-corrected chi connectivity index (χ1v) is 6.84. The number of benzene rings is 1. The maximum absolute atomic E-state index is 5.50. The molecule has 0 atom stereocenters.